The summed E-state index contributed by atoms with van der Waals surface area (Å²) in [5.41, 5.74) is 1.10. The first kappa shape index (κ1) is 22.6. The van der Waals surface area contributed by atoms with Crippen LogP contribution in [0, 0.1) is 5.92 Å². The number of rotatable bonds is 7. The molecule has 1 N–H and O–H groups in total. The Bertz CT molecular complexity index is 1030. The highest BCUT2D eigenvalue weighted by Gasteiger charge is 2.33. The van der Waals surface area contributed by atoms with E-state index in [0.29, 0.717) is 50.6 Å². The number of nitrogens with one attached hydrogen (secondary N) is 1. The van der Waals surface area contributed by atoms with Gasteiger partial charge in [0.15, 0.2) is 11.5 Å². The van der Waals surface area contributed by atoms with Crippen LogP contribution in [-0.4, -0.2) is 44.9 Å². The SMILES string of the molecule is CCC[C@H](NC(=O)C1CCN(S(=O)(=O)c2ccc3c(c2)OCCO3)CC1)c1ccccc1. The van der Waals surface area contributed by atoms with Gasteiger partial charge in [-0.3, -0.25) is 4.79 Å². The van der Waals surface area contributed by atoms with Gasteiger partial charge < -0.3 is 14.8 Å². The van der Waals surface area contributed by atoms with Crippen LogP contribution in [-0.2, 0) is 14.8 Å². The van der Waals surface area contributed by atoms with E-state index in [1.807, 2.05) is 30.3 Å². The number of benzene rings is 2. The molecule has 8 heteroatoms. The summed E-state index contributed by atoms with van der Waals surface area (Å²) in [7, 11) is -3.65. The second kappa shape index (κ2) is 9.92. The molecular formula is C24H30N2O5S. The molecule has 2 aliphatic heterocycles. The molecule has 2 aliphatic rings. The van der Waals surface area contributed by atoms with Crippen molar-refractivity contribution in [3.8, 4) is 11.5 Å². The van der Waals surface area contributed by atoms with Crippen molar-refractivity contribution in [1.29, 1.82) is 0 Å². The maximum Gasteiger partial charge on any atom is 0.243 e. The van der Waals surface area contributed by atoms with Crippen LogP contribution < -0.4 is 14.8 Å². The molecule has 1 fully saturated rings. The number of hydrogen-bond donors (Lipinski definition) is 1. The van der Waals surface area contributed by atoms with Gasteiger partial charge in [-0.05, 0) is 37.0 Å². The number of fused-ring (bicyclic) bond motifs is 1. The van der Waals surface area contributed by atoms with Crippen LogP contribution in [0.2, 0.25) is 0 Å². The first-order valence-corrected chi connectivity index (χ1v) is 12.7. The van der Waals surface area contributed by atoms with Gasteiger partial charge >= 0.3 is 0 Å². The van der Waals surface area contributed by atoms with Crippen molar-refractivity contribution in [1.82, 2.24) is 9.62 Å². The fourth-order valence-corrected chi connectivity index (χ4v) is 5.76. The Morgan fingerprint density at radius 3 is 2.44 bits per heavy atom. The zero-order chi connectivity index (χ0) is 22.6. The summed E-state index contributed by atoms with van der Waals surface area (Å²) < 4.78 is 38.7. The van der Waals surface area contributed by atoms with Crippen LogP contribution in [0.25, 0.3) is 0 Å². The molecule has 7 nitrogen and oxygen atoms in total. The molecule has 0 radical (unpaired) electrons. The third-order valence-electron chi connectivity index (χ3n) is 6.07. The first-order chi connectivity index (χ1) is 15.5. The number of nitrogens with zero attached hydrogens (tertiary/aromatic N) is 1. The summed E-state index contributed by atoms with van der Waals surface area (Å²) in [4.78, 5) is 13.1. The number of ether oxygens (including phenoxy) is 2. The van der Waals surface area contributed by atoms with E-state index in [-0.39, 0.29) is 22.8 Å². The van der Waals surface area contributed by atoms with E-state index in [9.17, 15) is 13.2 Å². The molecule has 2 aromatic rings. The fraction of sp³-hybridized carbons (Fsp3) is 0.458. The van der Waals surface area contributed by atoms with Crippen LogP contribution in [0.1, 0.15) is 44.2 Å². The number of piperidine rings is 1. The van der Waals surface area contributed by atoms with Crippen LogP contribution in [0.5, 0.6) is 11.5 Å². The normalized spacial score (nSPS) is 18.2. The minimum atomic E-state index is -3.65. The maximum atomic E-state index is 13.1. The molecule has 32 heavy (non-hydrogen) atoms. The topological polar surface area (TPSA) is 84.9 Å². The van der Waals surface area contributed by atoms with E-state index in [1.54, 1.807) is 12.1 Å². The highest BCUT2D eigenvalue weighted by molar-refractivity contribution is 7.89. The summed E-state index contributed by atoms with van der Waals surface area (Å²) in [5.74, 6) is 0.827. The minimum Gasteiger partial charge on any atom is -0.486 e. The van der Waals surface area contributed by atoms with E-state index in [4.69, 9.17) is 9.47 Å². The Morgan fingerprint density at radius 1 is 1.06 bits per heavy atom. The number of amides is 1. The van der Waals surface area contributed by atoms with Crippen molar-refractivity contribution < 1.29 is 22.7 Å². The van der Waals surface area contributed by atoms with Gasteiger partial charge in [0.05, 0.1) is 10.9 Å². The molecule has 0 spiro atoms. The lowest BCUT2D eigenvalue weighted by atomic mass is 9.95. The van der Waals surface area contributed by atoms with Crippen molar-refractivity contribution in [2.45, 2.75) is 43.5 Å². The lowest BCUT2D eigenvalue weighted by molar-refractivity contribution is -0.127. The van der Waals surface area contributed by atoms with E-state index in [0.717, 1.165) is 18.4 Å². The maximum absolute atomic E-state index is 13.1. The molecule has 1 amide bonds. The average Bonchev–Trinajstić information content (AvgIpc) is 2.84. The van der Waals surface area contributed by atoms with Gasteiger partial charge in [-0.15, -0.1) is 0 Å². The predicted octanol–water partition coefficient (Wildman–Crippen LogP) is 3.52. The van der Waals surface area contributed by atoms with Crippen LogP contribution in [0.3, 0.4) is 0 Å². The van der Waals surface area contributed by atoms with E-state index in [2.05, 4.69) is 12.2 Å². The predicted molar refractivity (Wildman–Crippen MR) is 121 cm³/mol. The number of carbonyl (C=O) groups is 1. The van der Waals surface area contributed by atoms with Gasteiger partial charge in [0, 0.05) is 25.1 Å². The Hall–Kier alpha value is -2.58. The fourth-order valence-electron chi connectivity index (χ4n) is 4.28. The van der Waals surface area contributed by atoms with Gasteiger partial charge in [-0.1, -0.05) is 43.7 Å². The highest BCUT2D eigenvalue weighted by atomic mass is 32.2. The standard InChI is InChI=1S/C24H30N2O5S/c1-2-6-21(18-7-4-3-5-8-18)25-24(27)19-11-13-26(14-12-19)32(28,29)20-9-10-22-23(17-20)31-16-15-30-22/h3-5,7-10,17,19,21H,2,6,11-16H2,1H3,(H,25,27)/t21-/m0/s1. The van der Waals surface area contributed by atoms with Gasteiger partial charge in [0.2, 0.25) is 15.9 Å². The van der Waals surface area contributed by atoms with Crippen LogP contribution in [0.4, 0.5) is 0 Å². The van der Waals surface area contributed by atoms with Crippen LogP contribution in [0.15, 0.2) is 53.4 Å². The van der Waals surface area contributed by atoms with Crippen molar-refractivity contribution in [3.63, 3.8) is 0 Å². The second-order valence-electron chi connectivity index (χ2n) is 8.24. The molecule has 0 saturated carbocycles. The van der Waals surface area contributed by atoms with Gasteiger partial charge in [0.1, 0.15) is 13.2 Å². The summed E-state index contributed by atoms with van der Waals surface area (Å²) in [6.07, 6.45) is 2.84. The molecular weight excluding hydrogens is 428 g/mol. The third-order valence-corrected chi connectivity index (χ3v) is 7.97. The molecule has 2 aromatic carbocycles. The lowest BCUT2D eigenvalue weighted by Crippen LogP contribution is -2.43. The van der Waals surface area contributed by atoms with E-state index < -0.39 is 10.0 Å². The molecule has 0 aliphatic carbocycles. The Labute approximate surface area is 189 Å². The molecule has 0 aromatic heterocycles. The van der Waals surface area contributed by atoms with Gasteiger partial charge in [0.25, 0.3) is 0 Å². The zero-order valence-electron chi connectivity index (χ0n) is 18.3. The molecule has 4 rings (SSSR count). The van der Waals surface area contributed by atoms with Crippen LogP contribution >= 0.6 is 0 Å². The molecule has 0 unspecified atom stereocenters. The third kappa shape index (κ3) is 4.91. The number of sulfonamides is 1. The second-order valence-corrected chi connectivity index (χ2v) is 10.2. The Kier molecular flexibility index (Phi) is 7.01. The molecule has 172 valence electrons. The number of carbonyl (C=O) groups excluding carboxylic acids is 1. The smallest absolute Gasteiger partial charge is 0.243 e. The zero-order valence-corrected chi connectivity index (χ0v) is 19.1. The largest absolute Gasteiger partial charge is 0.486 e. The summed E-state index contributed by atoms with van der Waals surface area (Å²) in [6.45, 7) is 3.59. The summed E-state index contributed by atoms with van der Waals surface area (Å²) in [6, 6.07) is 14.7. The molecule has 1 saturated heterocycles. The Morgan fingerprint density at radius 2 is 1.75 bits per heavy atom. The van der Waals surface area contributed by atoms with Crippen molar-refractivity contribution >= 4 is 15.9 Å². The molecule has 0 bridgehead atoms. The van der Waals surface area contributed by atoms with Gasteiger partial charge in [-0.25, -0.2) is 8.42 Å². The Balaban J connectivity index is 1.38. The lowest BCUT2D eigenvalue weighted by Gasteiger charge is -2.32. The summed E-state index contributed by atoms with van der Waals surface area (Å²) >= 11 is 0. The molecule has 2 heterocycles. The van der Waals surface area contributed by atoms with Gasteiger partial charge in [-0.2, -0.15) is 4.31 Å². The van der Waals surface area contributed by atoms with E-state index >= 15 is 0 Å². The number of hydrogen-bond acceptors (Lipinski definition) is 5. The molecule has 1 atom stereocenters. The monoisotopic (exact) mass is 458 g/mol. The first-order valence-electron chi connectivity index (χ1n) is 11.2. The minimum absolute atomic E-state index is 0.00341. The van der Waals surface area contributed by atoms with E-state index in [1.165, 1.54) is 10.4 Å². The van der Waals surface area contributed by atoms with Crippen molar-refractivity contribution in [2.75, 3.05) is 26.3 Å². The van der Waals surface area contributed by atoms with Crippen molar-refractivity contribution in [3.05, 3.63) is 54.1 Å². The van der Waals surface area contributed by atoms with Crippen molar-refractivity contribution in [2.24, 2.45) is 5.92 Å². The quantitative estimate of drug-likeness (QED) is 0.686. The highest BCUT2D eigenvalue weighted by Crippen LogP contribution is 2.34. The average molecular weight is 459 g/mol. The summed E-state index contributed by atoms with van der Waals surface area (Å²) in [5, 5.41) is 3.19.